The minimum Gasteiger partial charge on any atom is -0.393 e. The number of aliphatic hydroxyl groups excluding tert-OH is 2. The smallest absolute Gasteiger partial charge is 0.0639 e. The lowest BCUT2D eigenvalue weighted by molar-refractivity contribution is 0.00971. The van der Waals surface area contributed by atoms with E-state index in [1.165, 1.54) is 0 Å². The summed E-state index contributed by atoms with van der Waals surface area (Å²) < 4.78 is 0. The third-order valence-electron chi connectivity index (χ3n) is 2.82. The highest BCUT2D eigenvalue weighted by Gasteiger charge is 2.26. The van der Waals surface area contributed by atoms with Crippen LogP contribution in [0.4, 0.5) is 0 Å². The second-order valence-corrected chi connectivity index (χ2v) is 4.13. The first kappa shape index (κ1) is 11.0. The van der Waals surface area contributed by atoms with Gasteiger partial charge in [-0.05, 0) is 25.7 Å². The molecule has 0 aromatic rings. The molecule has 3 heteroatoms. The van der Waals surface area contributed by atoms with Gasteiger partial charge in [-0.2, -0.15) is 0 Å². The van der Waals surface area contributed by atoms with E-state index in [0.29, 0.717) is 5.92 Å². The van der Waals surface area contributed by atoms with Gasteiger partial charge < -0.3 is 15.1 Å². The van der Waals surface area contributed by atoms with Crippen molar-refractivity contribution in [2.45, 2.75) is 38.9 Å². The van der Waals surface area contributed by atoms with Crippen LogP contribution in [0.25, 0.3) is 0 Å². The maximum atomic E-state index is 9.63. The maximum absolute atomic E-state index is 9.63. The average molecular weight is 187 g/mol. The van der Waals surface area contributed by atoms with E-state index in [1.54, 1.807) is 0 Å². The van der Waals surface area contributed by atoms with E-state index in [0.717, 1.165) is 32.5 Å². The molecule has 1 rings (SSSR count). The summed E-state index contributed by atoms with van der Waals surface area (Å²) in [5.41, 5.74) is 0. The molecule has 3 unspecified atom stereocenters. The summed E-state index contributed by atoms with van der Waals surface area (Å²) in [7, 11) is 0. The zero-order valence-electron chi connectivity index (χ0n) is 8.61. The van der Waals surface area contributed by atoms with Gasteiger partial charge in [0.1, 0.15) is 0 Å². The highest BCUT2D eigenvalue weighted by atomic mass is 16.3. The Labute approximate surface area is 80.4 Å². The minimum atomic E-state index is -0.257. The molecule has 0 amide bonds. The molecule has 1 fully saturated rings. The topological polar surface area (TPSA) is 43.7 Å². The van der Waals surface area contributed by atoms with Gasteiger partial charge in [-0.1, -0.05) is 6.92 Å². The third kappa shape index (κ3) is 3.25. The Morgan fingerprint density at radius 1 is 1.54 bits per heavy atom. The molecule has 13 heavy (non-hydrogen) atoms. The lowest BCUT2D eigenvalue weighted by Gasteiger charge is -2.36. The summed E-state index contributed by atoms with van der Waals surface area (Å²) in [5, 5.41) is 18.9. The van der Waals surface area contributed by atoms with E-state index in [-0.39, 0.29) is 12.2 Å². The van der Waals surface area contributed by atoms with Crippen LogP contribution < -0.4 is 0 Å². The lowest BCUT2D eigenvalue weighted by atomic mass is 9.92. The van der Waals surface area contributed by atoms with Gasteiger partial charge in [0.05, 0.1) is 12.2 Å². The highest BCUT2D eigenvalue weighted by molar-refractivity contribution is 4.79. The van der Waals surface area contributed by atoms with Crippen LogP contribution in [0.3, 0.4) is 0 Å². The molecule has 1 aliphatic heterocycles. The van der Waals surface area contributed by atoms with Crippen LogP contribution in [0.2, 0.25) is 0 Å². The largest absolute Gasteiger partial charge is 0.393 e. The molecule has 0 bridgehead atoms. The third-order valence-corrected chi connectivity index (χ3v) is 2.82. The first-order valence-corrected chi connectivity index (χ1v) is 5.22. The van der Waals surface area contributed by atoms with Crippen molar-refractivity contribution in [1.29, 1.82) is 0 Å². The number of likely N-dealkylation sites (tertiary alicyclic amines) is 1. The average Bonchev–Trinajstić information content (AvgIpc) is 2.07. The van der Waals surface area contributed by atoms with Gasteiger partial charge in [-0.15, -0.1) is 0 Å². The van der Waals surface area contributed by atoms with Crippen molar-refractivity contribution in [2.75, 3.05) is 19.6 Å². The van der Waals surface area contributed by atoms with Gasteiger partial charge in [-0.3, -0.25) is 0 Å². The monoisotopic (exact) mass is 187 g/mol. The van der Waals surface area contributed by atoms with E-state index in [1.807, 2.05) is 6.92 Å². The van der Waals surface area contributed by atoms with Crippen molar-refractivity contribution >= 4 is 0 Å². The Morgan fingerprint density at radius 2 is 2.23 bits per heavy atom. The van der Waals surface area contributed by atoms with Crippen molar-refractivity contribution < 1.29 is 10.2 Å². The molecule has 1 aliphatic rings. The molecule has 1 heterocycles. The molecule has 2 N–H and O–H groups in total. The predicted octanol–water partition coefficient (Wildman–Crippen LogP) is 0.460. The summed E-state index contributed by atoms with van der Waals surface area (Å²) >= 11 is 0. The molecule has 0 spiro atoms. The fourth-order valence-corrected chi connectivity index (χ4v) is 2.04. The zero-order chi connectivity index (χ0) is 9.84. The summed E-state index contributed by atoms with van der Waals surface area (Å²) in [6, 6.07) is 0. The number of rotatable bonds is 3. The standard InChI is InChI=1S/C10H21NO2/c1-3-9-7-11(6-8(2)12)5-4-10(9)13/h8-10,12-13H,3-7H2,1-2H3. The van der Waals surface area contributed by atoms with Crippen molar-refractivity contribution in [3.8, 4) is 0 Å². The van der Waals surface area contributed by atoms with Crippen molar-refractivity contribution in [2.24, 2.45) is 5.92 Å². The Bertz CT molecular complexity index is 150. The number of aliphatic hydroxyl groups is 2. The fourth-order valence-electron chi connectivity index (χ4n) is 2.04. The fraction of sp³-hybridized carbons (Fsp3) is 1.00. The number of piperidine rings is 1. The second-order valence-electron chi connectivity index (χ2n) is 4.13. The Balaban J connectivity index is 2.36. The minimum absolute atomic E-state index is 0.129. The number of β-amino-alcohol motifs (C(OH)–C–C–N with tert-alkyl or cyclic N) is 1. The normalized spacial score (nSPS) is 33.2. The molecule has 78 valence electrons. The van der Waals surface area contributed by atoms with Crippen LogP contribution in [0, 0.1) is 5.92 Å². The van der Waals surface area contributed by atoms with Crippen LogP contribution in [0.5, 0.6) is 0 Å². The lowest BCUT2D eigenvalue weighted by Crippen LogP contribution is -2.45. The SMILES string of the molecule is CCC1CN(CC(C)O)CCC1O. The Kier molecular flexibility index (Phi) is 4.16. The summed E-state index contributed by atoms with van der Waals surface area (Å²) in [6.45, 7) is 6.51. The summed E-state index contributed by atoms with van der Waals surface area (Å²) in [4.78, 5) is 2.24. The van der Waals surface area contributed by atoms with Crippen molar-refractivity contribution in [3.05, 3.63) is 0 Å². The van der Waals surface area contributed by atoms with Gasteiger partial charge in [0.15, 0.2) is 0 Å². The van der Waals surface area contributed by atoms with Gasteiger partial charge in [0.2, 0.25) is 0 Å². The van der Waals surface area contributed by atoms with Gasteiger partial charge >= 0.3 is 0 Å². The van der Waals surface area contributed by atoms with Gasteiger partial charge in [0.25, 0.3) is 0 Å². The van der Waals surface area contributed by atoms with E-state index < -0.39 is 0 Å². The van der Waals surface area contributed by atoms with Crippen LogP contribution in [-0.2, 0) is 0 Å². The number of hydrogen-bond acceptors (Lipinski definition) is 3. The van der Waals surface area contributed by atoms with Crippen LogP contribution in [0.1, 0.15) is 26.7 Å². The Hall–Kier alpha value is -0.120. The molecule has 0 radical (unpaired) electrons. The molecular formula is C10H21NO2. The molecule has 1 saturated heterocycles. The quantitative estimate of drug-likeness (QED) is 0.674. The first-order chi connectivity index (χ1) is 6.13. The predicted molar refractivity (Wildman–Crippen MR) is 52.5 cm³/mol. The molecule has 3 atom stereocenters. The molecule has 0 aromatic heterocycles. The molecule has 0 aliphatic carbocycles. The van der Waals surface area contributed by atoms with Gasteiger partial charge in [-0.25, -0.2) is 0 Å². The summed E-state index contributed by atoms with van der Waals surface area (Å²) in [6.07, 6.45) is 1.49. The Morgan fingerprint density at radius 3 is 2.77 bits per heavy atom. The van der Waals surface area contributed by atoms with E-state index in [2.05, 4.69) is 11.8 Å². The molecule has 0 saturated carbocycles. The zero-order valence-corrected chi connectivity index (χ0v) is 8.61. The molecule has 0 aromatic carbocycles. The summed E-state index contributed by atoms with van der Waals surface area (Å²) in [5.74, 6) is 0.396. The van der Waals surface area contributed by atoms with E-state index in [9.17, 15) is 10.2 Å². The molecular weight excluding hydrogens is 166 g/mol. The maximum Gasteiger partial charge on any atom is 0.0639 e. The van der Waals surface area contributed by atoms with Crippen LogP contribution in [0.15, 0.2) is 0 Å². The van der Waals surface area contributed by atoms with Crippen LogP contribution >= 0.6 is 0 Å². The first-order valence-electron chi connectivity index (χ1n) is 5.22. The van der Waals surface area contributed by atoms with E-state index in [4.69, 9.17) is 0 Å². The van der Waals surface area contributed by atoms with Crippen molar-refractivity contribution in [3.63, 3.8) is 0 Å². The molecule has 3 nitrogen and oxygen atoms in total. The van der Waals surface area contributed by atoms with Crippen LogP contribution in [-0.4, -0.2) is 47.0 Å². The number of hydrogen-bond donors (Lipinski definition) is 2. The second kappa shape index (κ2) is 4.94. The highest BCUT2D eigenvalue weighted by Crippen LogP contribution is 2.19. The van der Waals surface area contributed by atoms with E-state index >= 15 is 0 Å². The number of nitrogens with zero attached hydrogens (tertiary/aromatic N) is 1. The van der Waals surface area contributed by atoms with Gasteiger partial charge in [0, 0.05) is 19.6 Å². The van der Waals surface area contributed by atoms with Crippen molar-refractivity contribution in [1.82, 2.24) is 4.90 Å².